The number of nitrogens with two attached hydrogens (primary N) is 1. The van der Waals surface area contributed by atoms with E-state index in [1.165, 1.54) is 11.3 Å². The summed E-state index contributed by atoms with van der Waals surface area (Å²) in [6.07, 6.45) is 0.571. The molecule has 3 N–H and O–H groups in total. The van der Waals surface area contributed by atoms with E-state index in [0.29, 0.717) is 30.2 Å². The molecule has 0 radical (unpaired) electrons. The number of hydrogen-bond donors (Lipinski definition) is 2. The smallest absolute Gasteiger partial charge is 0.267 e. The summed E-state index contributed by atoms with van der Waals surface area (Å²) in [5.41, 5.74) is 5.89. The molecule has 114 valence electrons. The second kappa shape index (κ2) is 8.06. The molecule has 6 nitrogen and oxygen atoms in total. The van der Waals surface area contributed by atoms with Gasteiger partial charge in [-0.3, -0.25) is 4.79 Å². The minimum absolute atomic E-state index is 0.0760. The number of aliphatic hydroxyl groups excluding tert-OH is 1. The molecule has 0 unspecified atom stereocenters. The number of anilines is 2. The first-order valence-corrected chi connectivity index (χ1v) is 7.81. The number of nitrogens with zero attached hydrogens (tertiary/aromatic N) is 3. The molecular formula is C13H24N4O2S. The van der Waals surface area contributed by atoms with Gasteiger partial charge in [-0.15, -0.1) is 0 Å². The maximum Gasteiger partial charge on any atom is 0.267 e. The Morgan fingerprint density at radius 3 is 2.45 bits per heavy atom. The summed E-state index contributed by atoms with van der Waals surface area (Å²) in [7, 11) is 0. The van der Waals surface area contributed by atoms with Crippen LogP contribution >= 0.6 is 11.3 Å². The molecule has 1 amide bonds. The van der Waals surface area contributed by atoms with E-state index in [4.69, 9.17) is 10.8 Å². The van der Waals surface area contributed by atoms with Crippen molar-refractivity contribution < 1.29 is 9.90 Å². The Labute approximate surface area is 124 Å². The van der Waals surface area contributed by atoms with Crippen molar-refractivity contribution >= 4 is 28.2 Å². The van der Waals surface area contributed by atoms with Gasteiger partial charge in [0.25, 0.3) is 5.91 Å². The molecule has 0 aromatic carbocycles. The summed E-state index contributed by atoms with van der Waals surface area (Å²) in [4.78, 5) is 21.0. The fourth-order valence-corrected chi connectivity index (χ4v) is 2.99. The highest BCUT2D eigenvalue weighted by Gasteiger charge is 2.22. The quantitative estimate of drug-likeness (QED) is 0.758. The third-order valence-electron chi connectivity index (χ3n) is 3.13. The first kappa shape index (κ1) is 16.7. The van der Waals surface area contributed by atoms with Crippen LogP contribution in [0.4, 0.5) is 10.9 Å². The number of nitrogen functional groups attached to an aromatic ring is 1. The molecule has 0 spiro atoms. The van der Waals surface area contributed by atoms with Gasteiger partial charge in [-0.05, 0) is 27.2 Å². The molecule has 0 atom stereocenters. The number of carbonyl (C=O) groups excluding carboxylic acids is 1. The lowest BCUT2D eigenvalue weighted by Crippen LogP contribution is -2.32. The highest BCUT2D eigenvalue weighted by Crippen LogP contribution is 2.29. The fraction of sp³-hybridized carbons (Fsp3) is 0.692. The van der Waals surface area contributed by atoms with Gasteiger partial charge >= 0.3 is 0 Å². The SMILES string of the molecule is CCN(CCCO)C(=O)c1sc(N(CC)CC)nc1N. The normalized spacial score (nSPS) is 10.6. The van der Waals surface area contributed by atoms with E-state index in [1.54, 1.807) is 4.90 Å². The summed E-state index contributed by atoms with van der Waals surface area (Å²) in [6, 6.07) is 0. The third-order valence-corrected chi connectivity index (χ3v) is 4.25. The average Bonchev–Trinajstić information content (AvgIpc) is 2.82. The van der Waals surface area contributed by atoms with Crippen molar-refractivity contribution in [3.63, 3.8) is 0 Å². The molecule has 20 heavy (non-hydrogen) atoms. The predicted molar refractivity (Wildman–Crippen MR) is 83.4 cm³/mol. The van der Waals surface area contributed by atoms with Gasteiger partial charge in [0.2, 0.25) is 0 Å². The topological polar surface area (TPSA) is 82.7 Å². The van der Waals surface area contributed by atoms with Gasteiger partial charge in [-0.25, -0.2) is 4.98 Å². The highest BCUT2D eigenvalue weighted by atomic mass is 32.1. The van der Waals surface area contributed by atoms with E-state index in [0.717, 1.165) is 18.2 Å². The molecule has 1 heterocycles. The van der Waals surface area contributed by atoms with Gasteiger partial charge in [-0.2, -0.15) is 0 Å². The van der Waals surface area contributed by atoms with Crippen molar-refractivity contribution in [1.82, 2.24) is 9.88 Å². The Hall–Kier alpha value is -1.34. The monoisotopic (exact) mass is 300 g/mol. The molecule has 0 aliphatic rings. The van der Waals surface area contributed by atoms with Crippen molar-refractivity contribution in [1.29, 1.82) is 0 Å². The first-order valence-electron chi connectivity index (χ1n) is 7.00. The number of carbonyl (C=O) groups is 1. The number of aromatic nitrogens is 1. The molecule has 0 fully saturated rings. The molecule has 0 saturated carbocycles. The van der Waals surface area contributed by atoms with Crippen LogP contribution in [-0.4, -0.2) is 53.7 Å². The minimum Gasteiger partial charge on any atom is -0.396 e. The van der Waals surface area contributed by atoms with Crippen LogP contribution in [0.25, 0.3) is 0 Å². The standard InChI is InChI=1S/C13H24N4O2S/c1-4-16(5-2)13-15-11(14)10(20-13)12(19)17(6-3)8-7-9-18/h18H,4-9,14H2,1-3H3. The summed E-state index contributed by atoms with van der Waals surface area (Å²) in [5.74, 6) is 0.193. The van der Waals surface area contributed by atoms with Crippen molar-refractivity contribution in [2.75, 3.05) is 43.4 Å². The number of rotatable bonds is 8. The van der Waals surface area contributed by atoms with Crippen LogP contribution < -0.4 is 10.6 Å². The van der Waals surface area contributed by atoms with Gasteiger partial charge in [0.1, 0.15) is 10.7 Å². The zero-order chi connectivity index (χ0) is 15.1. The molecular weight excluding hydrogens is 276 g/mol. The Morgan fingerprint density at radius 1 is 1.30 bits per heavy atom. The summed E-state index contributed by atoms with van der Waals surface area (Å²) >= 11 is 1.34. The van der Waals surface area contributed by atoms with Crippen LogP contribution in [0, 0.1) is 0 Å². The van der Waals surface area contributed by atoms with E-state index < -0.39 is 0 Å². The van der Waals surface area contributed by atoms with Gasteiger partial charge in [0, 0.05) is 32.8 Å². The van der Waals surface area contributed by atoms with Crippen LogP contribution in [0.2, 0.25) is 0 Å². The molecule has 0 saturated heterocycles. The van der Waals surface area contributed by atoms with Crippen molar-refractivity contribution in [3.05, 3.63) is 4.88 Å². The zero-order valence-electron chi connectivity index (χ0n) is 12.4. The Kier molecular flexibility index (Phi) is 6.74. The van der Waals surface area contributed by atoms with Crippen molar-refractivity contribution in [2.45, 2.75) is 27.2 Å². The van der Waals surface area contributed by atoms with Crippen LogP contribution in [0.1, 0.15) is 36.9 Å². The van der Waals surface area contributed by atoms with E-state index >= 15 is 0 Å². The molecule has 0 aliphatic carbocycles. The highest BCUT2D eigenvalue weighted by molar-refractivity contribution is 7.18. The van der Waals surface area contributed by atoms with Crippen molar-refractivity contribution in [2.24, 2.45) is 0 Å². The largest absolute Gasteiger partial charge is 0.396 e. The van der Waals surface area contributed by atoms with Gasteiger partial charge in [0.15, 0.2) is 5.13 Å². The van der Waals surface area contributed by atoms with E-state index in [-0.39, 0.29) is 12.5 Å². The maximum atomic E-state index is 12.4. The number of hydrogen-bond acceptors (Lipinski definition) is 6. The zero-order valence-corrected chi connectivity index (χ0v) is 13.2. The number of amides is 1. The van der Waals surface area contributed by atoms with Gasteiger partial charge < -0.3 is 20.6 Å². The lowest BCUT2D eigenvalue weighted by molar-refractivity contribution is 0.0760. The lowest BCUT2D eigenvalue weighted by Gasteiger charge is -2.19. The molecule has 0 aliphatic heterocycles. The predicted octanol–water partition coefficient (Wildman–Crippen LogP) is 1.42. The molecule has 7 heteroatoms. The van der Waals surface area contributed by atoms with Crippen LogP contribution in [0.5, 0.6) is 0 Å². The Bertz CT molecular complexity index is 432. The average molecular weight is 300 g/mol. The summed E-state index contributed by atoms with van der Waals surface area (Å²) in [5, 5.41) is 9.67. The van der Waals surface area contributed by atoms with E-state index in [9.17, 15) is 4.79 Å². The Morgan fingerprint density at radius 2 is 1.95 bits per heavy atom. The molecule has 1 rings (SSSR count). The number of aliphatic hydroxyl groups is 1. The Balaban J connectivity index is 2.92. The molecule has 1 aromatic heterocycles. The van der Waals surface area contributed by atoms with Gasteiger partial charge in [0.05, 0.1) is 0 Å². The second-order valence-electron chi connectivity index (χ2n) is 4.35. The second-order valence-corrected chi connectivity index (χ2v) is 5.32. The minimum atomic E-state index is -0.102. The first-order chi connectivity index (χ1) is 9.58. The lowest BCUT2D eigenvalue weighted by atomic mass is 10.3. The van der Waals surface area contributed by atoms with Crippen LogP contribution in [-0.2, 0) is 0 Å². The van der Waals surface area contributed by atoms with Crippen molar-refractivity contribution in [3.8, 4) is 0 Å². The number of thiazole rings is 1. The summed E-state index contributed by atoms with van der Waals surface area (Å²) in [6.45, 7) is 8.87. The molecule has 0 bridgehead atoms. The van der Waals surface area contributed by atoms with Crippen LogP contribution in [0.15, 0.2) is 0 Å². The summed E-state index contributed by atoms with van der Waals surface area (Å²) < 4.78 is 0. The van der Waals surface area contributed by atoms with E-state index in [2.05, 4.69) is 9.88 Å². The fourth-order valence-electron chi connectivity index (χ4n) is 1.91. The van der Waals surface area contributed by atoms with Gasteiger partial charge in [-0.1, -0.05) is 11.3 Å². The van der Waals surface area contributed by atoms with Crippen LogP contribution in [0.3, 0.4) is 0 Å². The third kappa shape index (κ3) is 3.83. The molecule has 1 aromatic rings. The van der Waals surface area contributed by atoms with E-state index in [1.807, 2.05) is 20.8 Å². The maximum absolute atomic E-state index is 12.4.